The van der Waals surface area contributed by atoms with Crippen molar-refractivity contribution in [1.29, 1.82) is 0 Å². The van der Waals surface area contributed by atoms with Crippen molar-refractivity contribution in [3.05, 3.63) is 18.0 Å². The van der Waals surface area contributed by atoms with Gasteiger partial charge in [0.25, 0.3) is 0 Å². The van der Waals surface area contributed by atoms with E-state index < -0.39 is 0 Å². The van der Waals surface area contributed by atoms with Crippen LogP contribution in [0.4, 0.5) is 0 Å². The third-order valence-electron chi connectivity index (χ3n) is 1.99. The summed E-state index contributed by atoms with van der Waals surface area (Å²) in [6.45, 7) is 1.58. The van der Waals surface area contributed by atoms with Crippen molar-refractivity contribution >= 4 is 18.3 Å². The quantitative estimate of drug-likeness (QED) is 0.560. The Morgan fingerprint density at radius 3 is 3.00 bits per heavy atom. The molecule has 0 fully saturated rings. The van der Waals surface area contributed by atoms with Gasteiger partial charge in [-0.25, -0.2) is 0 Å². The monoisotopic (exact) mass is 256 g/mol. The number of aryl methyl sites for hydroxylation is 1. The Morgan fingerprint density at radius 1 is 1.65 bits per heavy atom. The van der Waals surface area contributed by atoms with Crippen molar-refractivity contribution < 1.29 is 4.79 Å². The maximum atomic E-state index is 11.2. The van der Waals surface area contributed by atoms with Gasteiger partial charge in [0.2, 0.25) is 5.91 Å². The van der Waals surface area contributed by atoms with E-state index in [-0.39, 0.29) is 18.3 Å². The number of halogens is 1. The van der Waals surface area contributed by atoms with Crippen LogP contribution in [0.3, 0.4) is 0 Å². The van der Waals surface area contributed by atoms with Crippen molar-refractivity contribution in [1.82, 2.24) is 20.4 Å². The predicted molar refractivity (Wildman–Crippen MR) is 68.6 cm³/mol. The number of carbonyl (C=O) groups is 1. The molecule has 1 heterocycles. The standard InChI is InChI=1S/C11H16N4O.ClH/c1-3-6-13-11(16)4-7-12-9-10-5-8-15(2)14-10;/h1,5,8,12H,4,6-7,9H2,2H3,(H,13,16);1H. The number of rotatable bonds is 6. The van der Waals surface area contributed by atoms with Gasteiger partial charge in [0.1, 0.15) is 0 Å². The van der Waals surface area contributed by atoms with Crippen LogP contribution >= 0.6 is 12.4 Å². The Hall–Kier alpha value is -1.51. The maximum absolute atomic E-state index is 11.2. The minimum Gasteiger partial charge on any atom is -0.345 e. The molecule has 1 aromatic heterocycles. The summed E-state index contributed by atoms with van der Waals surface area (Å²) in [5.41, 5.74) is 0.964. The van der Waals surface area contributed by atoms with E-state index in [4.69, 9.17) is 6.42 Å². The summed E-state index contributed by atoms with van der Waals surface area (Å²) < 4.78 is 1.75. The number of hydrogen-bond acceptors (Lipinski definition) is 3. The van der Waals surface area contributed by atoms with Crippen LogP contribution in [0.25, 0.3) is 0 Å². The highest BCUT2D eigenvalue weighted by molar-refractivity contribution is 5.85. The molecule has 0 saturated carbocycles. The molecule has 0 saturated heterocycles. The summed E-state index contributed by atoms with van der Waals surface area (Å²) in [7, 11) is 1.87. The summed E-state index contributed by atoms with van der Waals surface area (Å²) in [5, 5.41) is 9.94. The van der Waals surface area contributed by atoms with Gasteiger partial charge >= 0.3 is 0 Å². The first-order valence-corrected chi connectivity index (χ1v) is 5.12. The molecule has 0 aliphatic heterocycles. The molecule has 94 valence electrons. The molecule has 1 rings (SSSR count). The fourth-order valence-corrected chi connectivity index (χ4v) is 1.21. The summed E-state index contributed by atoms with van der Waals surface area (Å²) in [5.74, 6) is 2.32. The Balaban J connectivity index is 0.00000256. The molecular formula is C11H17ClN4O. The number of terminal acetylenes is 1. The summed E-state index contributed by atoms with van der Waals surface area (Å²) in [4.78, 5) is 11.2. The van der Waals surface area contributed by atoms with Gasteiger partial charge in [-0.1, -0.05) is 5.92 Å². The van der Waals surface area contributed by atoms with Crippen molar-refractivity contribution in [2.45, 2.75) is 13.0 Å². The van der Waals surface area contributed by atoms with Gasteiger partial charge in [0, 0.05) is 32.8 Å². The molecular weight excluding hydrogens is 240 g/mol. The SMILES string of the molecule is C#CCNC(=O)CCNCc1ccn(C)n1.Cl. The highest BCUT2D eigenvalue weighted by Gasteiger charge is 2.00. The van der Waals surface area contributed by atoms with Crippen molar-refractivity contribution in [2.24, 2.45) is 7.05 Å². The van der Waals surface area contributed by atoms with E-state index in [2.05, 4.69) is 21.7 Å². The van der Waals surface area contributed by atoms with Crippen LogP contribution in [0.2, 0.25) is 0 Å². The number of nitrogens with zero attached hydrogens (tertiary/aromatic N) is 2. The summed E-state index contributed by atoms with van der Waals surface area (Å²) in [6, 6.07) is 1.94. The smallest absolute Gasteiger partial charge is 0.222 e. The second kappa shape index (κ2) is 8.62. The normalized spacial score (nSPS) is 9.18. The largest absolute Gasteiger partial charge is 0.345 e. The molecule has 17 heavy (non-hydrogen) atoms. The molecule has 2 N–H and O–H groups in total. The van der Waals surface area contributed by atoms with Gasteiger partial charge in [-0.15, -0.1) is 18.8 Å². The van der Waals surface area contributed by atoms with Crippen LogP contribution in [-0.2, 0) is 18.4 Å². The first-order valence-electron chi connectivity index (χ1n) is 5.12. The minimum atomic E-state index is -0.0357. The molecule has 0 aliphatic carbocycles. The van der Waals surface area contributed by atoms with E-state index in [1.165, 1.54) is 0 Å². The zero-order valence-electron chi connectivity index (χ0n) is 9.77. The molecule has 0 spiro atoms. The number of nitrogens with one attached hydrogen (secondary N) is 2. The van der Waals surface area contributed by atoms with Crippen LogP contribution in [0, 0.1) is 12.3 Å². The predicted octanol–water partition coefficient (Wildman–Crippen LogP) is 0.0710. The summed E-state index contributed by atoms with van der Waals surface area (Å²) >= 11 is 0. The Morgan fingerprint density at radius 2 is 2.41 bits per heavy atom. The van der Waals surface area contributed by atoms with Crippen molar-refractivity contribution in [3.8, 4) is 12.3 Å². The molecule has 0 atom stereocenters. The second-order valence-corrected chi connectivity index (χ2v) is 3.39. The van der Waals surface area contributed by atoms with Crippen molar-refractivity contribution in [2.75, 3.05) is 13.1 Å². The van der Waals surface area contributed by atoms with E-state index in [0.29, 0.717) is 26.1 Å². The zero-order valence-corrected chi connectivity index (χ0v) is 10.6. The Bertz CT molecular complexity index is 383. The third-order valence-corrected chi connectivity index (χ3v) is 1.99. The van der Waals surface area contributed by atoms with Crippen molar-refractivity contribution in [3.63, 3.8) is 0 Å². The van der Waals surface area contributed by atoms with Crippen LogP contribution in [0.5, 0.6) is 0 Å². The highest BCUT2D eigenvalue weighted by Crippen LogP contribution is 1.92. The minimum absolute atomic E-state index is 0. The lowest BCUT2D eigenvalue weighted by Crippen LogP contribution is -2.27. The van der Waals surface area contributed by atoms with E-state index >= 15 is 0 Å². The molecule has 0 unspecified atom stereocenters. The molecule has 1 amide bonds. The van der Waals surface area contributed by atoms with Gasteiger partial charge in [-0.3, -0.25) is 9.48 Å². The van der Waals surface area contributed by atoms with E-state index in [9.17, 15) is 4.79 Å². The lowest BCUT2D eigenvalue weighted by Gasteiger charge is -2.02. The van der Waals surface area contributed by atoms with Gasteiger partial charge in [0.05, 0.1) is 12.2 Å². The zero-order chi connectivity index (χ0) is 11.8. The molecule has 5 nitrogen and oxygen atoms in total. The first kappa shape index (κ1) is 15.5. The van der Waals surface area contributed by atoms with Crippen LogP contribution in [0.1, 0.15) is 12.1 Å². The van der Waals surface area contributed by atoms with Gasteiger partial charge < -0.3 is 10.6 Å². The van der Waals surface area contributed by atoms with Crippen LogP contribution in [0.15, 0.2) is 12.3 Å². The number of carbonyl (C=O) groups excluding carboxylic acids is 1. The topological polar surface area (TPSA) is 59.0 Å². The highest BCUT2D eigenvalue weighted by atomic mass is 35.5. The lowest BCUT2D eigenvalue weighted by atomic mass is 10.3. The molecule has 0 aliphatic rings. The molecule has 0 bridgehead atoms. The van der Waals surface area contributed by atoms with E-state index in [1.807, 2.05) is 19.3 Å². The lowest BCUT2D eigenvalue weighted by molar-refractivity contribution is -0.120. The number of hydrogen-bond donors (Lipinski definition) is 2. The maximum Gasteiger partial charge on any atom is 0.222 e. The van der Waals surface area contributed by atoms with Gasteiger partial charge in [-0.05, 0) is 6.07 Å². The number of aromatic nitrogens is 2. The Labute approximate surface area is 107 Å². The van der Waals surface area contributed by atoms with E-state index in [0.717, 1.165) is 5.69 Å². The molecule has 1 aromatic rings. The number of amides is 1. The van der Waals surface area contributed by atoms with E-state index in [1.54, 1.807) is 4.68 Å². The van der Waals surface area contributed by atoms with Crippen LogP contribution < -0.4 is 10.6 Å². The Kier molecular flexibility index (Phi) is 7.85. The van der Waals surface area contributed by atoms with Gasteiger partial charge in [-0.2, -0.15) is 5.10 Å². The second-order valence-electron chi connectivity index (χ2n) is 3.39. The average Bonchev–Trinajstić information content (AvgIpc) is 2.67. The van der Waals surface area contributed by atoms with Crippen LogP contribution in [-0.4, -0.2) is 28.8 Å². The molecule has 0 radical (unpaired) electrons. The fraction of sp³-hybridized carbons (Fsp3) is 0.455. The first-order chi connectivity index (χ1) is 7.72. The third kappa shape index (κ3) is 6.61. The molecule has 6 heteroatoms. The molecule has 0 aromatic carbocycles. The van der Waals surface area contributed by atoms with Gasteiger partial charge in [0.15, 0.2) is 0 Å². The average molecular weight is 257 g/mol. The fourth-order valence-electron chi connectivity index (χ4n) is 1.21. The summed E-state index contributed by atoms with van der Waals surface area (Å²) in [6.07, 6.45) is 7.33.